The van der Waals surface area contributed by atoms with E-state index in [1.807, 2.05) is 38.1 Å². The molecule has 0 heterocycles. The molecule has 0 radical (unpaired) electrons. The van der Waals surface area contributed by atoms with Gasteiger partial charge in [-0.05, 0) is 34.6 Å². The van der Waals surface area contributed by atoms with E-state index in [0.717, 1.165) is 0 Å². The van der Waals surface area contributed by atoms with Gasteiger partial charge in [-0.25, -0.2) is 0 Å². The van der Waals surface area contributed by atoms with E-state index >= 15 is 0 Å². The fraction of sp³-hybridized carbons (Fsp3) is 0.381. The first-order valence-corrected chi connectivity index (χ1v) is 8.77. The molecule has 4 heteroatoms. The van der Waals surface area contributed by atoms with Crippen molar-refractivity contribution in [2.24, 2.45) is 17.6 Å². The van der Waals surface area contributed by atoms with Crippen LogP contribution in [-0.2, 0) is 9.53 Å². The van der Waals surface area contributed by atoms with E-state index in [9.17, 15) is 9.90 Å². The molecule has 3 N–H and O–H groups in total. The van der Waals surface area contributed by atoms with Crippen molar-refractivity contribution in [1.29, 1.82) is 0 Å². The average molecular weight is 339 g/mol. The van der Waals surface area contributed by atoms with Crippen LogP contribution in [0.4, 0.5) is 0 Å². The minimum atomic E-state index is -1.20. The maximum atomic E-state index is 12.4. The first-order valence-electron chi connectivity index (χ1n) is 8.77. The lowest BCUT2D eigenvalue weighted by molar-refractivity contribution is -0.153. The van der Waals surface area contributed by atoms with Gasteiger partial charge in [0.1, 0.15) is 12.8 Å². The number of nitrogens with two attached hydrogens (primary N) is 1. The standard InChI is InChI=1S/C21H25NO3/c1-13(2)11-18(20(22)23)21(24)25-12-19-16-9-5-3-7-14(16)15-8-4-6-10-17(15)19/h3-10,13,18-20,23H,11-12,22H2,1-2H3. The summed E-state index contributed by atoms with van der Waals surface area (Å²) < 4.78 is 5.59. The molecule has 2 aromatic rings. The number of rotatable bonds is 6. The Morgan fingerprint density at radius 1 is 1.08 bits per heavy atom. The van der Waals surface area contributed by atoms with E-state index in [2.05, 4.69) is 24.3 Å². The molecule has 132 valence electrons. The van der Waals surface area contributed by atoms with Gasteiger partial charge < -0.3 is 15.6 Å². The van der Waals surface area contributed by atoms with Gasteiger partial charge in [0, 0.05) is 5.92 Å². The summed E-state index contributed by atoms with van der Waals surface area (Å²) in [5, 5.41) is 9.72. The Kier molecular flexibility index (Phi) is 5.21. The molecule has 0 spiro atoms. The summed E-state index contributed by atoms with van der Waals surface area (Å²) in [6.07, 6.45) is -0.688. The molecule has 2 unspecified atom stereocenters. The molecular formula is C21H25NO3. The van der Waals surface area contributed by atoms with Crippen molar-refractivity contribution in [3.8, 4) is 11.1 Å². The predicted molar refractivity (Wildman–Crippen MR) is 97.8 cm³/mol. The zero-order chi connectivity index (χ0) is 18.0. The Morgan fingerprint density at radius 3 is 2.08 bits per heavy atom. The van der Waals surface area contributed by atoms with Gasteiger partial charge in [-0.2, -0.15) is 0 Å². The molecule has 4 nitrogen and oxygen atoms in total. The quantitative estimate of drug-likeness (QED) is 0.626. The molecule has 1 aliphatic rings. The van der Waals surface area contributed by atoms with Gasteiger partial charge in [0.2, 0.25) is 0 Å². The molecule has 0 aliphatic heterocycles. The van der Waals surface area contributed by atoms with Crippen molar-refractivity contribution in [1.82, 2.24) is 0 Å². The summed E-state index contributed by atoms with van der Waals surface area (Å²) >= 11 is 0. The highest BCUT2D eigenvalue weighted by atomic mass is 16.5. The fourth-order valence-electron chi connectivity index (χ4n) is 3.59. The third-order valence-electron chi connectivity index (χ3n) is 4.80. The highest BCUT2D eigenvalue weighted by molar-refractivity contribution is 5.79. The monoisotopic (exact) mass is 339 g/mol. The van der Waals surface area contributed by atoms with Crippen molar-refractivity contribution < 1.29 is 14.6 Å². The maximum Gasteiger partial charge on any atom is 0.313 e. The number of hydrogen-bond acceptors (Lipinski definition) is 4. The summed E-state index contributed by atoms with van der Waals surface area (Å²) in [6, 6.07) is 16.4. The lowest BCUT2D eigenvalue weighted by atomic mass is 9.95. The molecule has 2 atom stereocenters. The van der Waals surface area contributed by atoms with Crippen LogP contribution < -0.4 is 5.73 Å². The molecule has 0 fully saturated rings. The second-order valence-electron chi connectivity index (χ2n) is 7.08. The lowest BCUT2D eigenvalue weighted by Crippen LogP contribution is -2.37. The van der Waals surface area contributed by atoms with Crippen LogP contribution in [-0.4, -0.2) is 23.9 Å². The molecule has 0 amide bonds. The Bertz CT molecular complexity index is 709. The van der Waals surface area contributed by atoms with Gasteiger partial charge >= 0.3 is 5.97 Å². The number of esters is 1. The van der Waals surface area contributed by atoms with Gasteiger partial charge in [-0.1, -0.05) is 62.4 Å². The number of ether oxygens (including phenoxy) is 1. The Hall–Kier alpha value is -2.17. The highest BCUT2D eigenvalue weighted by Crippen LogP contribution is 2.44. The fourth-order valence-corrected chi connectivity index (χ4v) is 3.59. The SMILES string of the molecule is CC(C)CC(C(=O)OCC1c2ccccc2-c2ccccc21)C(N)O. The molecule has 0 saturated heterocycles. The van der Waals surface area contributed by atoms with E-state index in [4.69, 9.17) is 10.5 Å². The highest BCUT2D eigenvalue weighted by Gasteiger charge is 2.31. The minimum Gasteiger partial charge on any atom is -0.464 e. The second-order valence-corrected chi connectivity index (χ2v) is 7.08. The smallest absolute Gasteiger partial charge is 0.313 e. The summed E-state index contributed by atoms with van der Waals surface area (Å²) in [5.74, 6) is -0.841. The van der Waals surface area contributed by atoms with Crippen LogP contribution in [0.1, 0.15) is 37.3 Å². The Morgan fingerprint density at radius 2 is 1.60 bits per heavy atom. The van der Waals surface area contributed by atoms with Crippen LogP contribution >= 0.6 is 0 Å². The summed E-state index contributed by atoms with van der Waals surface area (Å²) in [7, 11) is 0. The summed E-state index contributed by atoms with van der Waals surface area (Å²) in [6.45, 7) is 4.24. The zero-order valence-corrected chi connectivity index (χ0v) is 14.7. The Labute approximate surface area is 148 Å². The van der Waals surface area contributed by atoms with E-state index in [0.29, 0.717) is 6.42 Å². The van der Waals surface area contributed by atoms with Gasteiger partial charge in [0.15, 0.2) is 0 Å². The van der Waals surface area contributed by atoms with Crippen molar-refractivity contribution in [3.63, 3.8) is 0 Å². The van der Waals surface area contributed by atoms with Crippen molar-refractivity contribution in [2.75, 3.05) is 6.61 Å². The van der Waals surface area contributed by atoms with Gasteiger partial charge in [0.05, 0.1) is 5.92 Å². The van der Waals surface area contributed by atoms with Crippen LogP contribution in [0.15, 0.2) is 48.5 Å². The number of aliphatic hydroxyl groups is 1. The number of carbonyl (C=O) groups is 1. The van der Waals surface area contributed by atoms with E-state index in [1.165, 1.54) is 22.3 Å². The summed E-state index contributed by atoms with van der Waals surface area (Å²) in [5.41, 5.74) is 10.3. The van der Waals surface area contributed by atoms with Gasteiger partial charge in [-0.3, -0.25) is 4.79 Å². The molecule has 0 bridgehead atoms. The van der Waals surface area contributed by atoms with Crippen molar-refractivity contribution in [2.45, 2.75) is 32.4 Å². The molecule has 0 aromatic heterocycles. The molecule has 0 saturated carbocycles. The van der Waals surface area contributed by atoms with Crippen LogP contribution in [0.5, 0.6) is 0 Å². The van der Waals surface area contributed by atoms with E-state index < -0.39 is 18.1 Å². The second kappa shape index (κ2) is 7.38. The van der Waals surface area contributed by atoms with Crippen LogP contribution in [0.2, 0.25) is 0 Å². The molecule has 2 aromatic carbocycles. The number of aliphatic hydroxyl groups excluding tert-OH is 1. The predicted octanol–water partition coefficient (Wildman–Crippen LogP) is 3.28. The Balaban J connectivity index is 1.78. The van der Waals surface area contributed by atoms with E-state index in [-0.39, 0.29) is 18.4 Å². The normalized spacial score (nSPS) is 15.6. The zero-order valence-electron chi connectivity index (χ0n) is 14.7. The number of hydrogen-bond donors (Lipinski definition) is 2. The first kappa shape index (κ1) is 17.6. The molecular weight excluding hydrogens is 314 g/mol. The summed E-state index contributed by atoms with van der Waals surface area (Å²) in [4.78, 5) is 12.4. The van der Waals surface area contributed by atoms with Gasteiger partial charge in [0.25, 0.3) is 0 Å². The third-order valence-corrected chi connectivity index (χ3v) is 4.80. The third kappa shape index (κ3) is 3.60. The number of fused-ring (bicyclic) bond motifs is 3. The lowest BCUT2D eigenvalue weighted by Gasteiger charge is -2.22. The van der Waals surface area contributed by atoms with Gasteiger partial charge in [-0.15, -0.1) is 0 Å². The van der Waals surface area contributed by atoms with E-state index in [1.54, 1.807) is 0 Å². The molecule has 25 heavy (non-hydrogen) atoms. The van der Waals surface area contributed by atoms with Crippen LogP contribution in [0.3, 0.4) is 0 Å². The molecule has 3 rings (SSSR count). The molecule has 1 aliphatic carbocycles. The first-order chi connectivity index (χ1) is 12.0. The van der Waals surface area contributed by atoms with Crippen molar-refractivity contribution in [3.05, 3.63) is 59.7 Å². The number of benzene rings is 2. The topological polar surface area (TPSA) is 72.5 Å². The largest absolute Gasteiger partial charge is 0.464 e. The van der Waals surface area contributed by atoms with Crippen LogP contribution in [0.25, 0.3) is 11.1 Å². The van der Waals surface area contributed by atoms with Crippen LogP contribution in [0, 0.1) is 11.8 Å². The van der Waals surface area contributed by atoms with Crippen molar-refractivity contribution >= 4 is 5.97 Å². The minimum absolute atomic E-state index is 0.0194. The maximum absolute atomic E-state index is 12.4. The number of carbonyl (C=O) groups excluding carboxylic acids is 1. The average Bonchev–Trinajstić information content (AvgIpc) is 2.91.